The second-order valence-corrected chi connectivity index (χ2v) is 4.56. The van der Waals surface area contributed by atoms with Crippen LogP contribution >= 0.6 is 0 Å². The lowest BCUT2D eigenvalue weighted by Crippen LogP contribution is -2.43. The standard InChI is InChI=1S/C15H21NO4/c1-3-20-14(16-11(2)15(18)19)9-13(10-17)12-7-5-4-6-8-12/h4-8,10-11,13-14,16H,3,9H2,1-2H3,(H,18,19)/t11-,13+,14?/m0/s1. The second kappa shape index (κ2) is 8.45. The van der Waals surface area contributed by atoms with Crippen LogP contribution < -0.4 is 5.32 Å². The van der Waals surface area contributed by atoms with E-state index in [0.717, 1.165) is 11.8 Å². The van der Waals surface area contributed by atoms with E-state index in [2.05, 4.69) is 5.32 Å². The summed E-state index contributed by atoms with van der Waals surface area (Å²) in [7, 11) is 0. The Hall–Kier alpha value is -1.72. The van der Waals surface area contributed by atoms with Gasteiger partial charge in [0.2, 0.25) is 0 Å². The van der Waals surface area contributed by atoms with Crippen molar-refractivity contribution >= 4 is 12.3 Å². The van der Waals surface area contributed by atoms with Crippen LogP contribution in [0.4, 0.5) is 0 Å². The zero-order valence-electron chi connectivity index (χ0n) is 11.8. The van der Waals surface area contributed by atoms with Crippen LogP contribution in [0.15, 0.2) is 30.3 Å². The molecule has 1 aromatic carbocycles. The van der Waals surface area contributed by atoms with Crippen LogP contribution in [0.2, 0.25) is 0 Å². The quantitative estimate of drug-likeness (QED) is 0.532. The zero-order valence-corrected chi connectivity index (χ0v) is 11.8. The summed E-state index contributed by atoms with van der Waals surface area (Å²) in [5.41, 5.74) is 0.900. The van der Waals surface area contributed by atoms with Gasteiger partial charge in [-0.3, -0.25) is 10.1 Å². The van der Waals surface area contributed by atoms with Crippen LogP contribution in [0.3, 0.4) is 0 Å². The number of rotatable bonds is 9. The van der Waals surface area contributed by atoms with Gasteiger partial charge in [0.05, 0.1) is 0 Å². The number of carboxylic acids is 1. The van der Waals surface area contributed by atoms with E-state index in [1.807, 2.05) is 37.3 Å². The Morgan fingerprint density at radius 3 is 2.55 bits per heavy atom. The van der Waals surface area contributed by atoms with Crippen molar-refractivity contribution in [3.05, 3.63) is 35.9 Å². The average molecular weight is 279 g/mol. The van der Waals surface area contributed by atoms with E-state index in [9.17, 15) is 9.59 Å². The lowest BCUT2D eigenvalue weighted by Gasteiger charge is -2.23. The Labute approximate surface area is 118 Å². The molecule has 1 unspecified atom stereocenters. The molecule has 20 heavy (non-hydrogen) atoms. The van der Waals surface area contributed by atoms with Gasteiger partial charge < -0.3 is 14.6 Å². The average Bonchev–Trinajstić information content (AvgIpc) is 2.45. The van der Waals surface area contributed by atoms with Gasteiger partial charge in [-0.05, 0) is 19.4 Å². The maximum atomic E-state index is 11.3. The predicted octanol–water partition coefficient (Wildman–Crippen LogP) is 1.78. The van der Waals surface area contributed by atoms with Crippen molar-refractivity contribution in [3.63, 3.8) is 0 Å². The molecule has 0 heterocycles. The number of carbonyl (C=O) groups is 2. The molecule has 1 rings (SSSR count). The van der Waals surface area contributed by atoms with Crippen molar-refractivity contribution in [2.24, 2.45) is 0 Å². The minimum Gasteiger partial charge on any atom is -0.480 e. The largest absolute Gasteiger partial charge is 0.480 e. The molecule has 0 bridgehead atoms. The van der Waals surface area contributed by atoms with Crippen LogP contribution in [0, 0.1) is 0 Å². The van der Waals surface area contributed by atoms with Crippen molar-refractivity contribution in [1.29, 1.82) is 0 Å². The number of aliphatic carboxylic acids is 1. The molecule has 3 atom stereocenters. The van der Waals surface area contributed by atoms with Gasteiger partial charge in [0.25, 0.3) is 0 Å². The Balaban J connectivity index is 2.72. The molecule has 0 aliphatic rings. The van der Waals surface area contributed by atoms with Gasteiger partial charge in [-0.25, -0.2) is 0 Å². The van der Waals surface area contributed by atoms with E-state index in [-0.39, 0.29) is 5.92 Å². The molecule has 0 amide bonds. The lowest BCUT2D eigenvalue weighted by atomic mass is 9.96. The number of benzene rings is 1. The van der Waals surface area contributed by atoms with Gasteiger partial charge in [0.1, 0.15) is 18.6 Å². The van der Waals surface area contributed by atoms with E-state index in [1.54, 1.807) is 6.92 Å². The molecule has 5 heteroatoms. The first-order valence-electron chi connectivity index (χ1n) is 6.69. The van der Waals surface area contributed by atoms with E-state index >= 15 is 0 Å². The first-order chi connectivity index (χ1) is 9.58. The molecule has 110 valence electrons. The van der Waals surface area contributed by atoms with Crippen LogP contribution in [-0.4, -0.2) is 36.2 Å². The van der Waals surface area contributed by atoms with Gasteiger partial charge >= 0.3 is 5.97 Å². The molecule has 0 fully saturated rings. The van der Waals surface area contributed by atoms with Crippen molar-refractivity contribution in [1.82, 2.24) is 5.32 Å². The zero-order chi connectivity index (χ0) is 15.0. The fraction of sp³-hybridized carbons (Fsp3) is 0.467. The number of aldehydes is 1. The number of carboxylic acid groups (broad SMARTS) is 1. The number of ether oxygens (including phenoxy) is 1. The molecular formula is C15H21NO4. The minimum atomic E-state index is -0.947. The van der Waals surface area contributed by atoms with Gasteiger partial charge in [0, 0.05) is 18.9 Å². The Kier molecular flexibility index (Phi) is 6.90. The third-order valence-corrected chi connectivity index (χ3v) is 3.03. The molecule has 0 saturated heterocycles. The highest BCUT2D eigenvalue weighted by Gasteiger charge is 2.21. The maximum Gasteiger partial charge on any atom is 0.320 e. The molecular weight excluding hydrogens is 258 g/mol. The molecule has 1 aromatic rings. The Morgan fingerprint density at radius 2 is 2.05 bits per heavy atom. The summed E-state index contributed by atoms with van der Waals surface area (Å²) in [4.78, 5) is 22.1. The van der Waals surface area contributed by atoms with Crippen molar-refractivity contribution in [3.8, 4) is 0 Å². The summed E-state index contributed by atoms with van der Waals surface area (Å²) >= 11 is 0. The monoisotopic (exact) mass is 279 g/mol. The summed E-state index contributed by atoms with van der Waals surface area (Å²) < 4.78 is 5.48. The molecule has 0 aliphatic heterocycles. The van der Waals surface area contributed by atoms with E-state index in [0.29, 0.717) is 13.0 Å². The molecule has 0 aromatic heterocycles. The number of hydrogen-bond acceptors (Lipinski definition) is 4. The number of nitrogens with one attached hydrogen (secondary N) is 1. The van der Waals surface area contributed by atoms with E-state index in [1.165, 1.54) is 0 Å². The SMILES string of the molecule is CCOC(C[C@H](C=O)c1ccccc1)N[C@@H](C)C(=O)O. The molecule has 2 N–H and O–H groups in total. The van der Waals surface area contributed by atoms with Crippen LogP contribution in [0.1, 0.15) is 31.7 Å². The summed E-state index contributed by atoms with van der Waals surface area (Å²) in [6.07, 6.45) is 0.800. The summed E-state index contributed by atoms with van der Waals surface area (Å²) in [6.45, 7) is 3.83. The first kappa shape index (κ1) is 16.3. The van der Waals surface area contributed by atoms with Crippen molar-refractivity contribution in [2.75, 3.05) is 6.61 Å². The third kappa shape index (κ3) is 5.11. The second-order valence-electron chi connectivity index (χ2n) is 4.56. The molecule has 0 radical (unpaired) electrons. The van der Waals surface area contributed by atoms with Crippen molar-refractivity contribution in [2.45, 2.75) is 38.5 Å². The van der Waals surface area contributed by atoms with Gasteiger partial charge in [-0.1, -0.05) is 30.3 Å². The van der Waals surface area contributed by atoms with Gasteiger partial charge in [0.15, 0.2) is 0 Å². The van der Waals surface area contributed by atoms with Crippen LogP contribution in [0.5, 0.6) is 0 Å². The fourth-order valence-electron chi connectivity index (χ4n) is 1.94. The fourth-order valence-corrected chi connectivity index (χ4v) is 1.94. The van der Waals surface area contributed by atoms with Crippen LogP contribution in [-0.2, 0) is 14.3 Å². The third-order valence-electron chi connectivity index (χ3n) is 3.03. The predicted molar refractivity (Wildman–Crippen MR) is 75.5 cm³/mol. The summed E-state index contributed by atoms with van der Waals surface area (Å²) in [5.74, 6) is -1.27. The highest BCUT2D eigenvalue weighted by molar-refractivity contribution is 5.72. The molecule has 5 nitrogen and oxygen atoms in total. The number of hydrogen-bond donors (Lipinski definition) is 2. The lowest BCUT2D eigenvalue weighted by molar-refractivity contribution is -0.140. The van der Waals surface area contributed by atoms with Gasteiger partial charge in [-0.2, -0.15) is 0 Å². The maximum absolute atomic E-state index is 11.3. The normalized spacial score (nSPS) is 15.3. The molecule has 0 saturated carbocycles. The minimum absolute atomic E-state index is 0.318. The highest BCUT2D eigenvalue weighted by Crippen LogP contribution is 2.19. The Morgan fingerprint density at radius 1 is 1.40 bits per heavy atom. The first-order valence-corrected chi connectivity index (χ1v) is 6.69. The smallest absolute Gasteiger partial charge is 0.320 e. The molecule has 0 aliphatic carbocycles. The number of carbonyl (C=O) groups excluding carboxylic acids is 1. The van der Waals surface area contributed by atoms with E-state index < -0.39 is 18.2 Å². The van der Waals surface area contributed by atoms with Crippen molar-refractivity contribution < 1.29 is 19.4 Å². The molecule has 0 spiro atoms. The van der Waals surface area contributed by atoms with Gasteiger partial charge in [-0.15, -0.1) is 0 Å². The van der Waals surface area contributed by atoms with Crippen LogP contribution in [0.25, 0.3) is 0 Å². The summed E-state index contributed by atoms with van der Waals surface area (Å²) in [5, 5.41) is 11.8. The van der Waals surface area contributed by atoms with E-state index in [4.69, 9.17) is 9.84 Å². The topological polar surface area (TPSA) is 75.6 Å². The Bertz CT molecular complexity index is 421. The summed E-state index contributed by atoms with van der Waals surface area (Å²) in [6, 6.07) is 8.65. The highest BCUT2D eigenvalue weighted by atomic mass is 16.5.